The molecule has 0 atom stereocenters. The van der Waals surface area contributed by atoms with Gasteiger partial charge in [-0.15, -0.1) is 0 Å². The first-order chi connectivity index (χ1) is 14.6. The van der Waals surface area contributed by atoms with Crippen LogP contribution < -0.4 is 19.7 Å². The molecule has 0 saturated carbocycles. The molecular formula is C22H24N2O6. The fraction of sp³-hybridized carbons (Fsp3) is 0.318. The molecule has 30 heavy (non-hydrogen) atoms. The van der Waals surface area contributed by atoms with Gasteiger partial charge in [0.1, 0.15) is 0 Å². The number of amides is 2. The third-order valence-electron chi connectivity index (χ3n) is 4.54. The highest BCUT2D eigenvalue weighted by Gasteiger charge is 2.24. The number of ether oxygens (including phenoxy) is 3. The van der Waals surface area contributed by atoms with Crippen LogP contribution in [-0.2, 0) is 19.1 Å². The van der Waals surface area contributed by atoms with Gasteiger partial charge in [-0.2, -0.15) is 0 Å². The lowest BCUT2D eigenvalue weighted by Crippen LogP contribution is -2.27. The van der Waals surface area contributed by atoms with E-state index in [1.54, 1.807) is 47.4 Å². The van der Waals surface area contributed by atoms with Gasteiger partial charge < -0.3 is 24.4 Å². The van der Waals surface area contributed by atoms with Crippen molar-refractivity contribution >= 4 is 29.2 Å². The molecule has 2 amide bonds. The van der Waals surface area contributed by atoms with Crippen molar-refractivity contribution in [2.75, 3.05) is 37.1 Å². The molecule has 0 unspecified atom stereocenters. The molecule has 3 rings (SSSR count). The van der Waals surface area contributed by atoms with Crippen LogP contribution in [0, 0.1) is 0 Å². The molecular weight excluding hydrogens is 388 g/mol. The summed E-state index contributed by atoms with van der Waals surface area (Å²) >= 11 is 0. The number of hydrogen-bond acceptors (Lipinski definition) is 6. The Kier molecular flexibility index (Phi) is 7.26. The number of nitrogens with one attached hydrogen (secondary N) is 1. The summed E-state index contributed by atoms with van der Waals surface area (Å²) in [5, 5.41) is 2.70. The van der Waals surface area contributed by atoms with E-state index in [1.807, 2.05) is 6.07 Å². The highest BCUT2D eigenvalue weighted by molar-refractivity contribution is 6.02. The van der Waals surface area contributed by atoms with E-state index in [1.165, 1.54) is 7.11 Å². The number of rotatable bonds is 9. The van der Waals surface area contributed by atoms with E-state index < -0.39 is 18.5 Å². The summed E-state index contributed by atoms with van der Waals surface area (Å²) in [6, 6.07) is 14.2. The van der Waals surface area contributed by atoms with Gasteiger partial charge in [0.25, 0.3) is 5.91 Å². The largest absolute Gasteiger partial charge is 0.493 e. The van der Waals surface area contributed by atoms with Gasteiger partial charge in [-0.25, -0.2) is 0 Å². The maximum Gasteiger partial charge on any atom is 0.309 e. The summed E-state index contributed by atoms with van der Waals surface area (Å²) in [7, 11) is 1.53. The number of para-hydroxylation sites is 4. The second-order valence-electron chi connectivity index (χ2n) is 6.62. The summed E-state index contributed by atoms with van der Waals surface area (Å²) in [5.74, 6) is 0.0910. The Morgan fingerprint density at radius 2 is 1.80 bits per heavy atom. The lowest BCUT2D eigenvalue weighted by molar-refractivity contribution is -0.147. The number of methoxy groups -OCH3 is 1. The predicted octanol–water partition coefficient (Wildman–Crippen LogP) is 2.77. The van der Waals surface area contributed by atoms with Gasteiger partial charge in [0.15, 0.2) is 18.1 Å². The maximum absolute atomic E-state index is 12.2. The second-order valence-corrected chi connectivity index (χ2v) is 6.62. The molecule has 2 aromatic rings. The van der Waals surface area contributed by atoms with Crippen molar-refractivity contribution in [3.8, 4) is 11.5 Å². The van der Waals surface area contributed by atoms with Crippen LogP contribution >= 0.6 is 0 Å². The van der Waals surface area contributed by atoms with Crippen molar-refractivity contribution < 1.29 is 28.6 Å². The minimum Gasteiger partial charge on any atom is -0.493 e. The van der Waals surface area contributed by atoms with Crippen LogP contribution in [-0.4, -0.2) is 44.7 Å². The van der Waals surface area contributed by atoms with Gasteiger partial charge in [-0.3, -0.25) is 14.4 Å². The number of carbonyl (C=O) groups excluding carboxylic acids is 3. The highest BCUT2D eigenvalue weighted by atomic mass is 16.5. The molecule has 0 aromatic heterocycles. The topological polar surface area (TPSA) is 94.2 Å². The summed E-state index contributed by atoms with van der Waals surface area (Å²) in [6.07, 6.45) is 1.27. The van der Waals surface area contributed by atoms with Crippen molar-refractivity contribution in [3.05, 3.63) is 48.5 Å². The van der Waals surface area contributed by atoms with Gasteiger partial charge >= 0.3 is 5.97 Å². The molecule has 0 aliphatic carbocycles. The Morgan fingerprint density at radius 1 is 1.07 bits per heavy atom. The Balaban J connectivity index is 1.45. The van der Waals surface area contributed by atoms with E-state index in [9.17, 15) is 14.4 Å². The number of esters is 1. The van der Waals surface area contributed by atoms with Crippen molar-refractivity contribution in [3.63, 3.8) is 0 Å². The van der Waals surface area contributed by atoms with Crippen LogP contribution in [0.4, 0.5) is 11.4 Å². The fourth-order valence-corrected chi connectivity index (χ4v) is 3.10. The molecule has 2 aromatic carbocycles. The van der Waals surface area contributed by atoms with Gasteiger partial charge in [0, 0.05) is 13.0 Å². The molecule has 1 N–H and O–H groups in total. The van der Waals surface area contributed by atoms with Crippen LogP contribution in [0.25, 0.3) is 0 Å². The zero-order valence-corrected chi connectivity index (χ0v) is 16.8. The molecule has 1 saturated heterocycles. The molecule has 0 bridgehead atoms. The van der Waals surface area contributed by atoms with Crippen molar-refractivity contribution in [2.24, 2.45) is 0 Å². The summed E-state index contributed by atoms with van der Waals surface area (Å²) in [6.45, 7) is 0.295. The molecule has 1 fully saturated rings. The zero-order valence-electron chi connectivity index (χ0n) is 16.8. The third kappa shape index (κ3) is 5.50. The van der Waals surface area contributed by atoms with Crippen LogP contribution in [0.1, 0.15) is 19.3 Å². The maximum atomic E-state index is 12.2. The normalized spacial score (nSPS) is 13.1. The predicted molar refractivity (Wildman–Crippen MR) is 111 cm³/mol. The first-order valence-corrected chi connectivity index (χ1v) is 9.69. The molecule has 0 spiro atoms. The van der Waals surface area contributed by atoms with E-state index in [-0.39, 0.29) is 18.9 Å². The fourth-order valence-electron chi connectivity index (χ4n) is 3.10. The first-order valence-electron chi connectivity index (χ1n) is 9.69. The summed E-state index contributed by atoms with van der Waals surface area (Å²) in [5.41, 5.74) is 1.15. The highest BCUT2D eigenvalue weighted by Crippen LogP contribution is 2.29. The minimum absolute atomic E-state index is 0.00973. The molecule has 8 heteroatoms. The number of hydrogen-bond donors (Lipinski definition) is 1. The molecule has 0 radical (unpaired) electrons. The molecule has 1 aliphatic rings. The average Bonchev–Trinajstić information content (AvgIpc) is 3.18. The van der Waals surface area contributed by atoms with Crippen molar-refractivity contribution in [1.29, 1.82) is 0 Å². The molecule has 1 heterocycles. The Bertz CT molecular complexity index is 914. The van der Waals surface area contributed by atoms with Gasteiger partial charge in [-0.1, -0.05) is 24.3 Å². The smallest absolute Gasteiger partial charge is 0.309 e. The van der Waals surface area contributed by atoms with E-state index in [0.717, 1.165) is 6.42 Å². The number of carbonyl (C=O) groups is 3. The SMILES string of the molecule is COc1ccccc1OCCC(=O)OCC(=O)Nc1ccccc1N1CCCC1=O. The van der Waals surface area contributed by atoms with Crippen molar-refractivity contribution in [2.45, 2.75) is 19.3 Å². The van der Waals surface area contributed by atoms with Crippen LogP contribution in [0.3, 0.4) is 0 Å². The minimum atomic E-state index is -0.553. The zero-order chi connectivity index (χ0) is 21.3. The Labute approximate surface area is 174 Å². The quantitative estimate of drug-likeness (QED) is 0.637. The van der Waals surface area contributed by atoms with E-state index >= 15 is 0 Å². The standard InChI is InChI=1S/C22H24N2O6/c1-28-18-9-4-5-10-19(18)29-14-12-22(27)30-15-20(25)23-16-7-2-3-8-17(16)24-13-6-11-21(24)26/h2-5,7-10H,6,11-15H2,1H3,(H,23,25). The monoisotopic (exact) mass is 412 g/mol. The summed E-state index contributed by atoms with van der Waals surface area (Å²) in [4.78, 5) is 37.7. The number of nitrogens with zero attached hydrogens (tertiary/aromatic N) is 1. The lowest BCUT2D eigenvalue weighted by atomic mass is 10.2. The van der Waals surface area contributed by atoms with E-state index in [4.69, 9.17) is 14.2 Å². The van der Waals surface area contributed by atoms with Crippen LogP contribution in [0.5, 0.6) is 11.5 Å². The van der Waals surface area contributed by atoms with Crippen LogP contribution in [0.2, 0.25) is 0 Å². The molecule has 158 valence electrons. The third-order valence-corrected chi connectivity index (χ3v) is 4.54. The van der Waals surface area contributed by atoms with Gasteiger partial charge in [0.2, 0.25) is 5.91 Å². The summed E-state index contributed by atoms with van der Waals surface area (Å²) < 4.78 is 15.7. The first kappa shape index (κ1) is 21.2. The lowest BCUT2D eigenvalue weighted by Gasteiger charge is -2.19. The van der Waals surface area contributed by atoms with Gasteiger partial charge in [-0.05, 0) is 30.7 Å². The number of anilines is 2. The average molecular weight is 412 g/mol. The Morgan fingerprint density at radius 3 is 2.53 bits per heavy atom. The Hall–Kier alpha value is -3.55. The van der Waals surface area contributed by atoms with Crippen molar-refractivity contribution in [1.82, 2.24) is 0 Å². The second kappa shape index (κ2) is 10.3. The molecule has 8 nitrogen and oxygen atoms in total. The number of benzene rings is 2. The van der Waals surface area contributed by atoms with Crippen LogP contribution in [0.15, 0.2) is 48.5 Å². The van der Waals surface area contributed by atoms with Gasteiger partial charge in [0.05, 0.1) is 31.5 Å². The van der Waals surface area contributed by atoms with E-state index in [2.05, 4.69) is 5.32 Å². The van der Waals surface area contributed by atoms with E-state index in [0.29, 0.717) is 35.8 Å². The molecule has 1 aliphatic heterocycles.